The number of unbranched alkanes of at least 4 members (excludes halogenated alkanes) is 1. The van der Waals surface area contributed by atoms with Crippen LogP contribution in [0.3, 0.4) is 0 Å². The number of benzene rings is 1. The first kappa shape index (κ1) is 29.6. The number of likely N-dealkylation sites (tertiary alicyclic amines) is 1. The average Bonchev–Trinajstić information content (AvgIpc) is 3.55. The van der Waals surface area contributed by atoms with Gasteiger partial charge in [0, 0.05) is 58.2 Å². The van der Waals surface area contributed by atoms with Crippen LogP contribution in [0.15, 0.2) is 18.2 Å². The van der Waals surface area contributed by atoms with Crippen molar-refractivity contribution < 1.29 is 33.8 Å². The minimum absolute atomic E-state index is 0.0539. The van der Waals surface area contributed by atoms with Crippen molar-refractivity contribution in [1.29, 1.82) is 0 Å². The van der Waals surface area contributed by atoms with Crippen LogP contribution in [0.5, 0.6) is 11.5 Å². The molecule has 0 radical (unpaired) electrons. The molecule has 220 valence electrons. The summed E-state index contributed by atoms with van der Waals surface area (Å²) in [6, 6.07) is 4.60. The fourth-order valence-corrected chi connectivity index (χ4v) is 5.91. The SMILES string of the molecule is CCCCN(CCCN)C(=O)CN1C[C@H](c2ccc3c(c2)OCO3)C(C(=O)O)[C@@H]1CCN1CCC(=O)N(C)C1=O. The number of nitrogens with zero attached hydrogens (tertiary/aromatic N) is 4. The van der Waals surface area contributed by atoms with E-state index in [2.05, 4.69) is 6.92 Å². The predicted molar refractivity (Wildman–Crippen MR) is 146 cm³/mol. The van der Waals surface area contributed by atoms with Crippen LogP contribution in [0.1, 0.15) is 50.5 Å². The van der Waals surface area contributed by atoms with Gasteiger partial charge in [-0.2, -0.15) is 0 Å². The molecule has 1 aromatic carbocycles. The highest BCUT2D eigenvalue weighted by Gasteiger charge is 2.47. The first-order chi connectivity index (χ1) is 19.2. The Kier molecular flexibility index (Phi) is 9.85. The number of urea groups is 1. The Morgan fingerprint density at radius 3 is 2.62 bits per heavy atom. The van der Waals surface area contributed by atoms with E-state index in [1.54, 1.807) is 11.0 Å². The van der Waals surface area contributed by atoms with Crippen LogP contribution < -0.4 is 15.2 Å². The van der Waals surface area contributed by atoms with Crippen molar-refractivity contribution in [2.24, 2.45) is 11.7 Å². The smallest absolute Gasteiger partial charge is 0.326 e. The topological polar surface area (TPSA) is 146 Å². The van der Waals surface area contributed by atoms with E-state index in [4.69, 9.17) is 15.2 Å². The Morgan fingerprint density at radius 2 is 1.90 bits per heavy atom. The normalized spacial score (nSPS) is 22.7. The summed E-state index contributed by atoms with van der Waals surface area (Å²) >= 11 is 0. The Morgan fingerprint density at radius 1 is 1.15 bits per heavy atom. The highest BCUT2D eigenvalue weighted by atomic mass is 16.7. The highest BCUT2D eigenvalue weighted by Crippen LogP contribution is 2.42. The lowest BCUT2D eigenvalue weighted by atomic mass is 9.84. The highest BCUT2D eigenvalue weighted by molar-refractivity contribution is 5.96. The average molecular weight is 560 g/mol. The lowest BCUT2D eigenvalue weighted by Gasteiger charge is -2.34. The molecule has 0 saturated carbocycles. The molecular formula is C28H41N5O7. The molecule has 12 nitrogen and oxygen atoms in total. The molecule has 1 unspecified atom stereocenters. The number of ether oxygens (including phenoxy) is 2. The van der Waals surface area contributed by atoms with Crippen LogP contribution in [-0.2, 0) is 14.4 Å². The van der Waals surface area contributed by atoms with E-state index in [0.29, 0.717) is 57.1 Å². The number of carbonyl (C=O) groups is 4. The molecule has 0 spiro atoms. The van der Waals surface area contributed by atoms with E-state index in [0.717, 1.165) is 23.3 Å². The first-order valence-corrected chi connectivity index (χ1v) is 14.1. The van der Waals surface area contributed by atoms with Gasteiger partial charge in [-0.3, -0.25) is 24.2 Å². The zero-order chi connectivity index (χ0) is 28.8. The first-order valence-electron chi connectivity index (χ1n) is 14.1. The number of carbonyl (C=O) groups excluding carboxylic acids is 3. The van der Waals surface area contributed by atoms with Gasteiger partial charge >= 0.3 is 12.0 Å². The summed E-state index contributed by atoms with van der Waals surface area (Å²) in [4.78, 5) is 57.4. The molecule has 1 aromatic rings. The maximum atomic E-state index is 13.5. The van der Waals surface area contributed by atoms with Crippen LogP contribution in [0.25, 0.3) is 0 Å². The molecule has 2 fully saturated rings. The second-order valence-electron chi connectivity index (χ2n) is 10.7. The lowest BCUT2D eigenvalue weighted by Crippen LogP contribution is -2.52. The number of carboxylic acids is 1. The third-order valence-electron chi connectivity index (χ3n) is 8.18. The number of imide groups is 1. The van der Waals surface area contributed by atoms with Crippen molar-refractivity contribution in [1.82, 2.24) is 19.6 Å². The van der Waals surface area contributed by atoms with Crippen LogP contribution in [0.4, 0.5) is 4.79 Å². The Hall–Kier alpha value is -3.38. The van der Waals surface area contributed by atoms with Crippen molar-refractivity contribution in [2.45, 2.75) is 51.0 Å². The van der Waals surface area contributed by atoms with Crippen molar-refractivity contribution in [2.75, 3.05) is 59.7 Å². The van der Waals surface area contributed by atoms with Crippen molar-refractivity contribution >= 4 is 23.8 Å². The van der Waals surface area contributed by atoms with Crippen LogP contribution in [0.2, 0.25) is 0 Å². The maximum Gasteiger partial charge on any atom is 0.326 e. The quantitative estimate of drug-likeness (QED) is 0.367. The molecule has 3 atom stereocenters. The van der Waals surface area contributed by atoms with E-state index in [-0.39, 0.29) is 50.1 Å². The molecule has 0 aromatic heterocycles. The summed E-state index contributed by atoms with van der Waals surface area (Å²) in [7, 11) is 1.46. The molecule has 2 saturated heterocycles. The number of aliphatic carboxylic acids is 1. The number of hydrogen-bond donors (Lipinski definition) is 2. The van der Waals surface area contributed by atoms with Gasteiger partial charge in [-0.1, -0.05) is 19.4 Å². The number of nitrogens with two attached hydrogens (primary N) is 1. The molecule has 12 heteroatoms. The molecule has 3 heterocycles. The van der Waals surface area contributed by atoms with E-state index < -0.39 is 17.9 Å². The molecule has 3 aliphatic rings. The van der Waals surface area contributed by atoms with Crippen LogP contribution in [-0.4, -0.2) is 114 Å². The second-order valence-corrected chi connectivity index (χ2v) is 10.7. The molecule has 3 aliphatic heterocycles. The summed E-state index contributed by atoms with van der Waals surface area (Å²) < 4.78 is 11.0. The summed E-state index contributed by atoms with van der Waals surface area (Å²) in [6.07, 6.45) is 3.11. The fourth-order valence-electron chi connectivity index (χ4n) is 5.91. The Labute approximate surface area is 234 Å². The van der Waals surface area contributed by atoms with Gasteiger partial charge in [0.2, 0.25) is 18.6 Å². The van der Waals surface area contributed by atoms with E-state index >= 15 is 0 Å². The van der Waals surface area contributed by atoms with Gasteiger partial charge in [0.25, 0.3) is 0 Å². The number of fused-ring (bicyclic) bond motifs is 1. The zero-order valence-corrected chi connectivity index (χ0v) is 23.4. The molecular weight excluding hydrogens is 518 g/mol. The van der Waals surface area contributed by atoms with Gasteiger partial charge in [-0.15, -0.1) is 0 Å². The third-order valence-corrected chi connectivity index (χ3v) is 8.18. The van der Waals surface area contributed by atoms with Crippen LogP contribution >= 0.6 is 0 Å². The number of amides is 4. The van der Waals surface area contributed by atoms with Gasteiger partial charge < -0.3 is 30.1 Å². The van der Waals surface area contributed by atoms with Crippen molar-refractivity contribution in [3.63, 3.8) is 0 Å². The predicted octanol–water partition coefficient (Wildman–Crippen LogP) is 1.54. The minimum atomic E-state index is -0.953. The molecule has 4 amide bonds. The minimum Gasteiger partial charge on any atom is -0.481 e. The largest absolute Gasteiger partial charge is 0.481 e. The summed E-state index contributed by atoms with van der Waals surface area (Å²) in [5, 5.41) is 10.4. The number of hydrogen-bond acceptors (Lipinski definition) is 8. The van der Waals surface area contributed by atoms with E-state index in [9.17, 15) is 24.3 Å². The van der Waals surface area contributed by atoms with Gasteiger partial charge in [-0.25, -0.2) is 4.79 Å². The molecule has 3 N–H and O–H groups in total. The van der Waals surface area contributed by atoms with Gasteiger partial charge in [0.1, 0.15) is 0 Å². The molecule has 0 aliphatic carbocycles. The summed E-state index contributed by atoms with van der Waals surface area (Å²) in [5.41, 5.74) is 6.52. The Bertz CT molecular complexity index is 1090. The van der Waals surface area contributed by atoms with Gasteiger partial charge in [0.05, 0.1) is 12.5 Å². The summed E-state index contributed by atoms with van der Waals surface area (Å²) in [6.45, 7) is 4.89. The number of carboxylic acid groups (broad SMARTS) is 1. The van der Waals surface area contributed by atoms with E-state index in [1.165, 1.54) is 7.05 Å². The maximum absolute atomic E-state index is 13.5. The van der Waals surface area contributed by atoms with E-state index in [1.807, 2.05) is 21.9 Å². The molecule has 4 rings (SSSR count). The second kappa shape index (κ2) is 13.3. The Balaban J connectivity index is 1.58. The molecule has 40 heavy (non-hydrogen) atoms. The third kappa shape index (κ3) is 6.49. The van der Waals surface area contributed by atoms with Gasteiger partial charge in [0.15, 0.2) is 11.5 Å². The molecule has 0 bridgehead atoms. The van der Waals surface area contributed by atoms with Gasteiger partial charge in [-0.05, 0) is 43.5 Å². The zero-order valence-electron chi connectivity index (χ0n) is 23.4. The fraction of sp³-hybridized carbons (Fsp3) is 0.643. The summed E-state index contributed by atoms with van der Waals surface area (Å²) in [5.74, 6) is -1.24. The van der Waals surface area contributed by atoms with Crippen molar-refractivity contribution in [3.8, 4) is 11.5 Å². The lowest BCUT2D eigenvalue weighted by molar-refractivity contribution is -0.144. The number of rotatable bonds is 13. The standard InChI is InChI=1S/C28H41N5O7/c1-3-4-11-31(12-5-10-29)25(35)17-33-16-20(19-6-7-22-23(15-19)40-18-39-22)26(27(36)37)21(33)8-13-32-14-9-24(34)30(2)28(32)38/h6-7,15,20-21,26H,3-5,8-14,16-18,29H2,1-2H3,(H,36,37)/t20-,21+,26?/m1/s1. The monoisotopic (exact) mass is 559 g/mol. The van der Waals surface area contributed by atoms with Crippen molar-refractivity contribution in [3.05, 3.63) is 23.8 Å². The van der Waals surface area contributed by atoms with Crippen LogP contribution in [0, 0.1) is 5.92 Å².